The lowest BCUT2D eigenvalue weighted by atomic mass is 10.2. The van der Waals surface area contributed by atoms with Crippen molar-refractivity contribution in [1.29, 1.82) is 0 Å². The van der Waals surface area contributed by atoms with Crippen LogP contribution in [0, 0.1) is 5.82 Å². The van der Waals surface area contributed by atoms with Crippen molar-refractivity contribution >= 4 is 39.3 Å². The van der Waals surface area contributed by atoms with Gasteiger partial charge in [-0.15, -0.1) is 0 Å². The zero-order valence-corrected chi connectivity index (χ0v) is 18.3. The summed E-state index contributed by atoms with van der Waals surface area (Å²) in [7, 11) is 3.19. The van der Waals surface area contributed by atoms with Gasteiger partial charge in [-0.1, -0.05) is 40.2 Å². The van der Waals surface area contributed by atoms with E-state index < -0.39 is 17.1 Å². The summed E-state index contributed by atoms with van der Waals surface area (Å²) in [6, 6.07) is 13.4. The molecule has 31 heavy (non-hydrogen) atoms. The molecule has 0 spiro atoms. The number of imidazole rings is 1. The molecule has 0 fully saturated rings. The van der Waals surface area contributed by atoms with E-state index in [1.165, 1.54) is 34.4 Å². The lowest BCUT2D eigenvalue weighted by Gasteiger charge is -2.08. The molecular weight excluding hydrogens is 467 g/mol. The molecule has 4 aromatic rings. The molecule has 0 amide bonds. The van der Waals surface area contributed by atoms with Crippen molar-refractivity contribution in [3.8, 4) is 0 Å². The van der Waals surface area contributed by atoms with Gasteiger partial charge in [0, 0.05) is 18.6 Å². The number of aromatic nitrogens is 4. The number of hydrogen-bond donors (Lipinski definition) is 1. The van der Waals surface area contributed by atoms with Crippen molar-refractivity contribution in [3.05, 3.63) is 90.8 Å². The van der Waals surface area contributed by atoms with Gasteiger partial charge in [-0.3, -0.25) is 13.9 Å². The van der Waals surface area contributed by atoms with Gasteiger partial charge in [0.2, 0.25) is 5.95 Å². The third kappa shape index (κ3) is 4.06. The zero-order chi connectivity index (χ0) is 22.1. The summed E-state index contributed by atoms with van der Waals surface area (Å²) in [5.74, 6) is -0.127. The second-order valence-electron chi connectivity index (χ2n) is 6.95. The van der Waals surface area contributed by atoms with Crippen LogP contribution in [-0.2, 0) is 20.6 Å². The Balaban J connectivity index is 1.72. The highest BCUT2D eigenvalue weighted by molar-refractivity contribution is 9.10. The molecule has 0 aliphatic heterocycles. The van der Waals surface area contributed by atoms with Crippen LogP contribution in [0.5, 0.6) is 0 Å². The Morgan fingerprint density at radius 3 is 2.58 bits per heavy atom. The summed E-state index contributed by atoms with van der Waals surface area (Å²) in [6.45, 7) is -0.0468. The van der Waals surface area contributed by atoms with Crippen molar-refractivity contribution in [1.82, 2.24) is 18.7 Å². The van der Waals surface area contributed by atoms with Crippen LogP contribution in [-0.4, -0.2) is 24.9 Å². The Hall–Kier alpha value is -3.53. The summed E-state index contributed by atoms with van der Waals surface area (Å²) >= 11 is 3.38. The zero-order valence-electron chi connectivity index (χ0n) is 16.7. The first-order chi connectivity index (χ1) is 14.8. The molecule has 0 saturated heterocycles. The Morgan fingerprint density at radius 2 is 1.87 bits per heavy atom. The Kier molecular flexibility index (Phi) is 5.55. The van der Waals surface area contributed by atoms with Gasteiger partial charge < -0.3 is 4.57 Å². The van der Waals surface area contributed by atoms with Gasteiger partial charge in [0.05, 0.1) is 12.8 Å². The number of aryl methyl sites for hydroxylation is 2. The first kappa shape index (κ1) is 20.7. The van der Waals surface area contributed by atoms with E-state index in [0.717, 1.165) is 14.6 Å². The van der Waals surface area contributed by atoms with Crippen molar-refractivity contribution < 1.29 is 4.39 Å². The summed E-state index contributed by atoms with van der Waals surface area (Å²) < 4.78 is 18.4. The molecule has 0 atom stereocenters. The highest BCUT2D eigenvalue weighted by Crippen LogP contribution is 2.14. The second-order valence-corrected chi connectivity index (χ2v) is 7.87. The lowest BCUT2D eigenvalue weighted by molar-refractivity contribution is 0.616. The van der Waals surface area contributed by atoms with E-state index in [-0.39, 0.29) is 17.7 Å². The van der Waals surface area contributed by atoms with Crippen LogP contribution in [0.3, 0.4) is 0 Å². The van der Waals surface area contributed by atoms with Gasteiger partial charge in [-0.25, -0.2) is 14.6 Å². The minimum atomic E-state index is -0.537. The molecule has 0 radical (unpaired) electrons. The Labute approximate surface area is 184 Å². The van der Waals surface area contributed by atoms with E-state index in [4.69, 9.17) is 0 Å². The minimum absolute atomic E-state index is 0.0468. The van der Waals surface area contributed by atoms with Gasteiger partial charge in [-0.05, 0) is 35.4 Å². The predicted molar refractivity (Wildman–Crippen MR) is 121 cm³/mol. The van der Waals surface area contributed by atoms with Crippen LogP contribution in [0.1, 0.15) is 11.1 Å². The maximum atomic E-state index is 13.5. The maximum absolute atomic E-state index is 13.5. The van der Waals surface area contributed by atoms with E-state index >= 15 is 0 Å². The smallest absolute Gasteiger partial charge is 0.306 e. The quantitative estimate of drug-likeness (QED) is 0.348. The van der Waals surface area contributed by atoms with Crippen LogP contribution >= 0.6 is 15.9 Å². The minimum Gasteiger partial charge on any atom is -0.306 e. The van der Waals surface area contributed by atoms with Gasteiger partial charge in [0.1, 0.15) is 5.82 Å². The first-order valence-electron chi connectivity index (χ1n) is 9.30. The molecule has 1 N–H and O–H groups in total. The number of anilines is 1. The molecule has 158 valence electrons. The topological polar surface area (TPSA) is 86.2 Å². The molecule has 0 saturated carbocycles. The number of halogens is 2. The fraction of sp³-hybridized carbons (Fsp3) is 0.143. The van der Waals surface area contributed by atoms with Crippen molar-refractivity contribution in [2.24, 2.45) is 19.2 Å². The van der Waals surface area contributed by atoms with Crippen molar-refractivity contribution in [2.75, 3.05) is 5.43 Å². The molecule has 4 rings (SSSR count). The first-order valence-corrected chi connectivity index (χ1v) is 10.1. The fourth-order valence-corrected chi connectivity index (χ4v) is 3.48. The van der Waals surface area contributed by atoms with Gasteiger partial charge in [0.25, 0.3) is 5.56 Å². The van der Waals surface area contributed by atoms with Crippen LogP contribution < -0.4 is 16.7 Å². The van der Waals surface area contributed by atoms with Gasteiger partial charge >= 0.3 is 5.69 Å². The number of hydrazone groups is 1. The van der Waals surface area contributed by atoms with Crippen LogP contribution in [0.4, 0.5) is 10.3 Å². The Bertz CT molecular complexity index is 1420. The Morgan fingerprint density at radius 1 is 1.13 bits per heavy atom. The number of benzene rings is 2. The molecule has 0 bridgehead atoms. The van der Waals surface area contributed by atoms with Crippen LogP contribution in [0.25, 0.3) is 11.2 Å². The summed E-state index contributed by atoms with van der Waals surface area (Å²) in [5.41, 5.74) is 3.62. The average molecular weight is 485 g/mol. The molecule has 2 heterocycles. The van der Waals surface area contributed by atoms with Crippen LogP contribution in [0.15, 0.2) is 67.7 Å². The highest BCUT2D eigenvalue weighted by atomic mass is 79.9. The monoisotopic (exact) mass is 484 g/mol. The average Bonchev–Trinajstić information content (AvgIpc) is 3.08. The fourth-order valence-electron chi connectivity index (χ4n) is 3.21. The number of fused-ring (bicyclic) bond motifs is 1. The number of nitrogens with zero attached hydrogens (tertiary/aromatic N) is 5. The molecule has 2 aromatic carbocycles. The largest absolute Gasteiger partial charge is 0.332 e. The number of nitrogens with one attached hydrogen (secondary N) is 1. The molecule has 8 nitrogen and oxygen atoms in total. The normalized spacial score (nSPS) is 11.5. The lowest BCUT2D eigenvalue weighted by Crippen LogP contribution is -2.39. The molecular formula is C21H18BrFN6O2. The standard InChI is InChI=1S/C21H18BrFN6O2/c1-27-17-18(25-20(27)26-24-11-13-6-8-15(22)9-7-13)28(2)21(31)29(19(17)30)12-14-4-3-5-16(23)10-14/h3-11H,12H2,1-2H3,(H,25,26)/b24-11+. The summed E-state index contributed by atoms with van der Waals surface area (Å²) in [5, 5.41) is 4.17. The third-order valence-electron chi connectivity index (χ3n) is 4.84. The van der Waals surface area contributed by atoms with Gasteiger partial charge in [-0.2, -0.15) is 10.1 Å². The molecule has 0 aliphatic carbocycles. The molecule has 0 unspecified atom stereocenters. The second kappa shape index (κ2) is 8.31. The van der Waals surface area contributed by atoms with Crippen molar-refractivity contribution in [2.45, 2.75) is 6.54 Å². The summed E-state index contributed by atoms with van der Waals surface area (Å²) in [4.78, 5) is 30.2. The third-order valence-corrected chi connectivity index (χ3v) is 5.37. The molecule has 10 heteroatoms. The van der Waals surface area contributed by atoms with Crippen LogP contribution in [0.2, 0.25) is 0 Å². The van der Waals surface area contributed by atoms with E-state index in [0.29, 0.717) is 11.5 Å². The highest BCUT2D eigenvalue weighted by Gasteiger charge is 2.18. The van der Waals surface area contributed by atoms with E-state index in [9.17, 15) is 14.0 Å². The van der Waals surface area contributed by atoms with E-state index in [1.54, 1.807) is 19.3 Å². The molecule has 0 aliphatic rings. The predicted octanol–water partition coefficient (Wildman–Crippen LogP) is 2.83. The maximum Gasteiger partial charge on any atom is 0.332 e. The molecule has 2 aromatic heterocycles. The van der Waals surface area contributed by atoms with E-state index in [2.05, 4.69) is 31.4 Å². The van der Waals surface area contributed by atoms with Gasteiger partial charge in [0.15, 0.2) is 11.2 Å². The number of hydrogen-bond acceptors (Lipinski definition) is 5. The SMILES string of the molecule is Cn1c(N/N=C/c2ccc(Br)cc2)nc2c1c(=O)n(Cc1cccc(F)c1)c(=O)n2C. The summed E-state index contributed by atoms with van der Waals surface area (Å²) in [6.07, 6.45) is 1.62. The van der Waals surface area contributed by atoms with E-state index in [1.807, 2.05) is 24.3 Å². The number of rotatable bonds is 5. The van der Waals surface area contributed by atoms with Crippen molar-refractivity contribution in [3.63, 3.8) is 0 Å².